The molecule has 1 aliphatic heterocycles. The number of amides is 4. The predicted molar refractivity (Wildman–Crippen MR) is 148 cm³/mol. The number of rotatable bonds is 11. The second-order valence-electron chi connectivity index (χ2n) is 10.9. The number of pyridine rings is 1. The number of aliphatic hydroxyl groups is 1. The molecule has 4 amide bonds. The van der Waals surface area contributed by atoms with Crippen molar-refractivity contribution in [3.63, 3.8) is 0 Å². The minimum absolute atomic E-state index is 0.0213. The molecule has 0 unspecified atom stereocenters. The highest BCUT2D eigenvalue weighted by atomic mass is 16.6. The van der Waals surface area contributed by atoms with Crippen molar-refractivity contribution in [2.75, 3.05) is 6.54 Å². The number of benzene rings is 1. The molecular weight excluding hydrogens is 530 g/mol. The van der Waals surface area contributed by atoms with E-state index in [-0.39, 0.29) is 18.7 Å². The van der Waals surface area contributed by atoms with Gasteiger partial charge in [0.2, 0.25) is 11.8 Å². The third kappa shape index (κ3) is 9.10. The monoisotopic (exact) mass is 567 g/mol. The van der Waals surface area contributed by atoms with Gasteiger partial charge in [-0.05, 0) is 57.7 Å². The first-order chi connectivity index (χ1) is 19.4. The molecule has 0 radical (unpaired) electrons. The fourth-order valence-electron chi connectivity index (χ4n) is 4.52. The lowest BCUT2D eigenvalue weighted by atomic mass is 9.99. The van der Waals surface area contributed by atoms with E-state index in [2.05, 4.69) is 15.6 Å². The standard InChI is InChI=1S/C29H37N5O7/c1-29(2,3)41-28(40)22-13-9-15-34(22)27(39)24(36)20(16-18-10-5-4-6-11-18)32-26(38)21(17-23(30)35)33-25(37)19-12-7-8-14-31-19/h4-8,10-12,14,20-22,24,36H,9,13,15-17H2,1-3H3,(H2,30,35)(H,32,38)(H,33,37)/t20-,21-,22-,24-/m0/s1. The van der Waals surface area contributed by atoms with Crippen LogP contribution in [0.2, 0.25) is 0 Å². The van der Waals surface area contributed by atoms with Gasteiger partial charge in [0.05, 0.1) is 12.5 Å². The molecule has 3 rings (SSSR count). The number of nitrogens with zero attached hydrogens (tertiary/aromatic N) is 2. The quantitative estimate of drug-likeness (QED) is 0.283. The average molecular weight is 568 g/mol. The Hall–Kier alpha value is -4.32. The summed E-state index contributed by atoms with van der Waals surface area (Å²) < 4.78 is 5.47. The fraction of sp³-hybridized carbons (Fsp3) is 0.448. The summed E-state index contributed by atoms with van der Waals surface area (Å²) in [5, 5.41) is 16.3. The Balaban J connectivity index is 1.82. The van der Waals surface area contributed by atoms with E-state index in [0.717, 1.165) is 0 Å². The van der Waals surface area contributed by atoms with E-state index in [1.165, 1.54) is 17.2 Å². The number of aromatic nitrogens is 1. The van der Waals surface area contributed by atoms with Crippen LogP contribution in [0.3, 0.4) is 0 Å². The van der Waals surface area contributed by atoms with E-state index < -0.39 is 65.8 Å². The van der Waals surface area contributed by atoms with Gasteiger partial charge in [0, 0.05) is 12.7 Å². The molecule has 12 heteroatoms. The van der Waals surface area contributed by atoms with Gasteiger partial charge in [-0.3, -0.25) is 24.2 Å². The Morgan fingerprint density at radius 2 is 1.76 bits per heavy atom. The van der Waals surface area contributed by atoms with E-state index in [4.69, 9.17) is 10.5 Å². The predicted octanol–water partition coefficient (Wildman–Crippen LogP) is 0.477. The Bertz CT molecular complexity index is 1230. The summed E-state index contributed by atoms with van der Waals surface area (Å²) in [6.45, 7) is 5.40. The number of carbonyl (C=O) groups is 5. The van der Waals surface area contributed by atoms with Crippen LogP contribution in [0.5, 0.6) is 0 Å². The molecule has 1 aromatic carbocycles. The molecule has 4 atom stereocenters. The van der Waals surface area contributed by atoms with Crippen LogP contribution in [0.1, 0.15) is 56.1 Å². The largest absolute Gasteiger partial charge is 0.458 e. The van der Waals surface area contributed by atoms with Gasteiger partial charge in [-0.1, -0.05) is 36.4 Å². The lowest BCUT2D eigenvalue weighted by molar-refractivity contribution is -0.165. The van der Waals surface area contributed by atoms with Gasteiger partial charge in [-0.2, -0.15) is 0 Å². The molecule has 1 saturated heterocycles. The summed E-state index contributed by atoms with van der Waals surface area (Å²) >= 11 is 0. The number of nitrogens with one attached hydrogen (secondary N) is 2. The number of ether oxygens (including phenoxy) is 1. The molecule has 1 aromatic heterocycles. The van der Waals surface area contributed by atoms with Gasteiger partial charge < -0.3 is 31.1 Å². The maximum absolute atomic E-state index is 13.5. The zero-order valence-corrected chi connectivity index (χ0v) is 23.4. The van der Waals surface area contributed by atoms with Gasteiger partial charge in [-0.15, -0.1) is 0 Å². The van der Waals surface area contributed by atoms with Crippen molar-refractivity contribution >= 4 is 29.6 Å². The van der Waals surface area contributed by atoms with Crippen LogP contribution in [0, 0.1) is 0 Å². The van der Waals surface area contributed by atoms with E-state index >= 15 is 0 Å². The number of hydrogen-bond acceptors (Lipinski definition) is 8. The van der Waals surface area contributed by atoms with E-state index in [0.29, 0.717) is 18.4 Å². The first-order valence-electron chi connectivity index (χ1n) is 13.4. The van der Waals surface area contributed by atoms with Gasteiger partial charge >= 0.3 is 5.97 Å². The van der Waals surface area contributed by atoms with Crippen LogP contribution in [0.25, 0.3) is 0 Å². The number of nitrogens with two attached hydrogens (primary N) is 1. The van der Waals surface area contributed by atoms with Crippen molar-refractivity contribution in [1.82, 2.24) is 20.5 Å². The van der Waals surface area contributed by atoms with Gasteiger partial charge in [0.1, 0.15) is 23.4 Å². The number of likely N-dealkylation sites (tertiary alicyclic amines) is 1. The first-order valence-corrected chi connectivity index (χ1v) is 13.4. The summed E-state index contributed by atoms with van der Waals surface area (Å²) in [5.74, 6) is -3.70. The molecule has 5 N–H and O–H groups in total. The fourth-order valence-corrected chi connectivity index (χ4v) is 4.52. The van der Waals surface area contributed by atoms with Gasteiger partial charge in [0.25, 0.3) is 11.8 Å². The second-order valence-corrected chi connectivity index (χ2v) is 10.9. The Labute approximate surface area is 238 Å². The Morgan fingerprint density at radius 1 is 1.07 bits per heavy atom. The molecule has 41 heavy (non-hydrogen) atoms. The van der Waals surface area contributed by atoms with Crippen LogP contribution in [-0.4, -0.2) is 81.0 Å². The normalized spacial score (nSPS) is 17.2. The van der Waals surface area contributed by atoms with Gasteiger partial charge in [-0.25, -0.2) is 4.79 Å². The van der Waals surface area contributed by atoms with Crippen LogP contribution in [0.4, 0.5) is 0 Å². The van der Waals surface area contributed by atoms with E-state index in [1.54, 1.807) is 63.2 Å². The molecule has 1 aliphatic rings. The maximum Gasteiger partial charge on any atom is 0.329 e. The number of carbonyl (C=O) groups excluding carboxylic acids is 5. The summed E-state index contributed by atoms with van der Waals surface area (Å²) in [6.07, 6.45) is 0.0878. The number of primary amides is 1. The summed E-state index contributed by atoms with van der Waals surface area (Å²) in [7, 11) is 0. The van der Waals surface area contributed by atoms with Crippen molar-refractivity contribution < 1.29 is 33.8 Å². The van der Waals surface area contributed by atoms with Crippen LogP contribution in [-0.2, 0) is 30.3 Å². The topological polar surface area (TPSA) is 181 Å². The van der Waals surface area contributed by atoms with E-state index in [9.17, 15) is 29.1 Å². The lowest BCUT2D eigenvalue weighted by Crippen LogP contribution is -2.58. The van der Waals surface area contributed by atoms with Crippen molar-refractivity contribution in [1.29, 1.82) is 0 Å². The molecule has 1 fully saturated rings. The smallest absolute Gasteiger partial charge is 0.329 e. The highest BCUT2D eigenvalue weighted by molar-refractivity contribution is 5.98. The third-order valence-electron chi connectivity index (χ3n) is 6.40. The molecule has 12 nitrogen and oxygen atoms in total. The first kappa shape index (κ1) is 31.2. The highest BCUT2D eigenvalue weighted by Crippen LogP contribution is 2.23. The summed E-state index contributed by atoms with van der Waals surface area (Å²) in [4.78, 5) is 69.3. The van der Waals surface area contributed by atoms with Crippen molar-refractivity contribution in [2.24, 2.45) is 5.73 Å². The zero-order chi connectivity index (χ0) is 30.2. The average Bonchev–Trinajstić information content (AvgIpc) is 3.42. The second kappa shape index (κ2) is 13.8. The molecule has 220 valence electrons. The molecular formula is C29H37N5O7. The number of aliphatic hydroxyl groups excluding tert-OH is 1. The Kier molecular flexibility index (Phi) is 10.5. The highest BCUT2D eigenvalue weighted by Gasteiger charge is 2.41. The van der Waals surface area contributed by atoms with Crippen molar-refractivity contribution in [2.45, 2.75) is 76.3 Å². The molecule has 0 spiro atoms. The molecule has 0 aliphatic carbocycles. The lowest BCUT2D eigenvalue weighted by Gasteiger charge is -2.32. The zero-order valence-electron chi connectivity index (χ0n) is 23.4. The number of esters is 1. The van der Waals surface area contributed by atoms with Crippen LogP contribution in [0.15, 0.2) is 54.7 Å². The van der Waals surface area contributed by atoms with Gasteiger partial charge in [0.15, 0.2) is 6.10 Å². The maximum atomic E-state index is 13.5. The summed E-state index contributed by atoms with van der Waals surface area (Å²) in [6, 6.07) is 10.1. The van der Waals surface area contributed by atoms with Crippen LogP contribution < -0.4 is 16.4 Å². The minimum atomic E-state index is -1.75. The van der Waals surface area contributed by atoms with Crippen molar-refractivity contribution in [3.8, 4) is 0 Å². The minimum Gasteiger partial charge on any atom is -0.458 e. The van der Waals surface area contributed by atoms with E-state index in [1.807, 2.05) is 0 Å². The van der Waals surface area contributed by atoms with Crippen molar-refractivity contribution in [3.05, 3.63) is 66.0 Å². The molecule has 0 bridgehead atoms. The Morgan fingerprint density at radius 3 is 2.37 bits per heavy atom. The number of hydrogen-bond donors (Lipinski definition) is 4. The SMILES string of the molecule is CC(C)(C)OC(=O)[C@@H]1CCCN1C(=O)[C@@H](O)[C@H](Cc1ccccc1)NC(=O)[C@H](CC(N)=O)NC(=O)c1ccccn1. The molecule has 0 saturated carbocycles. The summed E-state index contributed by atoms with van der Waals surface area (Å²) in [5.41, 5.74) is 5.31. The van der Waals surface area contributed by atoms with Crippen LogP contribution >= 0.6 is 0 Å². The molecule has 2 aromatic rings. The third-order valence-corrected chi connectivity index (χ3v) is 6.40. The molecule has 2 heterocycles.